The number of nitrogens with one attached hydrogen (secondary N) is 1. The van der Waals surface area contributed by atoms with Crippen molar-refractivity contribution in [2.45, 2.75) is 26.8 Å². The molecule has 0 amide bonds. The fourth-order valence-electron chi connectivity index (χ4n) is 2.93. The molecule has 0 spiro atoms. The first-order valence-electron chi connectivity index (χ1n) is 7.05. The van der Waals surface area contributed by atoms with Crippen molar-refractivity contribution in [1.29, 1.82) is 0 Å². The van der Waals surface area contributed by atoms with Crippen molar-refractivity contribution in [3.63, 3.8) is 0 Å². The van der Waals surface area contributed by atoms with Crippen molar-refractivity contribution in [1.82, 2.24) is 5.32 Å². The van der Waals surface area contributed by atoms with E-state index < -0.39 is 0 Å². The van der Waals surface area contributed by atoms with Gasteiger partial charge in [0.15, 0.2) is 0 Å². The Bertz CT molecular complexity index is 608. The van der Waals surface area contributed by atoms with Crippen molar-refractivity contribution in [2.75, 3.05) is 14.2 Å². The molecule has 0 aliphatic rings. The minimum Gasteiger partial charge on any atom is -0.496 e. The van der Waals surface area contributed by atoms with Crippen LogP contribution in [0.5, 0.6) is 5.75 Å². The Morgan fingerprint density at radius 1 is 0.952 bits per heavy atom. The maximum Gasteiger partial charge on any atom is 0.124 e. The van der Waals surface area contributed by atoms with Crippen LogP contribution in [0.3, 0.4) is 0 Å². The molecule has 0 saturated heterocycles. The smallest absolute Gasteiger partial charge is 0.124 e. The second-order valence-corrected chi connectivity index (χ2v) is 5.47. The van der Waals surface area contributed by atoms with Gasteiger partial charge in [-0.1, -0.05) is 18.2 Å². The van der Waals surface area contributed by atoms with Crippen LogP contribution in [0.4, 0.5) is 4.39 Å². The SMILES string of the molecule is CNC(c1cc(C)cc(F)c1)c1cc(C)c(OC)c(C)c1. The van der Waals surface area contributed by atoms with E-state index in [2.05, 4.69) is 17.4 Å². The summed E-state index contributed by atoms with van der Waals surface area (Å²) in [4.78, 5) is 0. The summed E-state index contributed by atoms with van der Waals surface area (Å²) < 4.78 is 19.1. The number of halogens is 1. The lowest BCUT2D eigenvalue weighted by atomic mass is 9.94. The van der Waals surface area contributed by atoms with Crippen LogP contribution >= 0.6 is 0 Å². The molecule has 1 atom stereocenters. The van der Waals surface area contributed by atoms with Crippen LogP contribution in [0.2, 0.25) is 0 Å². The maximum absolute atomic E-state index is 13.7. The third kappa shape index (κ3) is 3.24. The van der Waals surface area contributed by atoms with Gasteiger partial charge in [0.2, 0.25) is 0 Å². The second-order valence-electron chi connectivity index (χ2n) is 5.47. The largest absolute Gasteiger partial charge is 0.496 e. The fourth-order valence-corrected chi connectivity index (χ4v) is 2.93. The van der Waals surface area contributed by atoms with Crippen LogP contribution in [0.1, 0.15) is 33.9 Å². The molecular formula is C18H22FNO. The molecular weight excluding hydrogens is 265 g/mol. The minimum absolute atomic E-state index is 0.0392. The molecule has 0 aromatic heterocycles. The molecule has 0 bridgehead atoms. The molecule has 2 aromatic carbocycles. The van der Waals surface area contributed by atoms with Crippen LogP contribution < -0.4 is 10.1 Å². The predicted molar refractivity (Wildman–Crippen MR) is 84.5 cm³/mol. The van der Waals surface area contributed by atoms with Crippen LogP contribution in [0.25, 0.3) is 0 Å². The van der Waals surface area contributed by atoms with Gasteiger partial charge in [-0.2, -0.15) is 0 Å². The van der Waals surface area contributed by atoms with Gasteiger partial charge in [-0.15, -0.1) is 0 Å². The van der Waals surface area contributed by atoms with Crippen LogP contribution in [0.15, 0.2) is 30.3 Å². The normalized spacial score (nSPS) is 12.3. The molecule has 1 N–H and O–H groups in total. The topological polar surface area (TPSA) is 21.3 Å². The van der Waals surface area contributed by atoms with Gasteiger partial charge in [-0.05, 0) is 67.8 Å². The number of hydrogen-bond donors (Lipinski definition) is 1. The number of rotatable bonds is 4. The average molecular weight is 287 g/mol. The highest BCUT2D eigenvalue weighted by molar-refractivity contribution is 5.46. The van der Waals surface area contributed by atoms with E-state index in [1.54, 1.807) is 19.2 Å². The zero-order chi connectivity index (χ0) is 15.6. The third-order valence-electron chi connectivity index (χ3n) is 3.71. The molecule has 2 rings (SSSR count). The molecule has 112 valence electrons. The Balaban J connectivity index is 2.51. The number of aryl methyl sites for hydroxylation is 3. The first-order chi connectivity index (χ1) is 9.96. The highest BCUT2D eigenvalue weighted by Crippen LogP contribution is 2.30. The number of methoxy groups -OCH3 is 1. The molecule has 0 heterocycles. The lowest BCUT2D eigenvalue weighted by Crippen LogP contribution is -2.18. The van der Waals surface area contributed by atoms with E-state index in [1.165, 1.54) is 0 Å². The molecule has 0 aliphatic heterocycles. The molecule has 0 radical (unpaired) electrons. The van der Waals surface area contributed by atoms with Gasteiger partial charge in [0.05, 0.1) is 13.2 Å². The molecule has 3 heteroatoms. The molecule has 0 aliphatic carbocycles. The second kappa shape index (κ2) is 6.27. The summed E-state index contributed by atoms with van der Waals surface area (Å²) in [7, 11) is 3.57. The highest BCUT2D eigenvalue weighted by Gasteiger charge is 2.16. The van der Waals surface area contributed by atoms with E-state index in [4.69, 9.17) is 4.74 Å². The summed E-state index contributed by atoms with van der Waals surface area (Å²) in [5.41, 5.74) is 5.13. The van der Waals surface area contributed by atoms with Gasteiger partial charge >= 0.3 is 0 Å². The van der Waals surface area contributed by atoms with Gasteiger partial charge in [-0.3, -0.25) is 0 Å². The summed E-state index contributed by atoms with van der Waals surface area (Å²) in [6.45, 7) is 5.96. The highest BCUT2D eigenvalue weighted by atomic mass is 19.1. The quantitative estimate of drug-likeness (QED) is 0.915. The first-order valence-corrected chi connectivity index (χ1v) is 7.05. The molecule has 21 heavy (non-hydrogen) atoms. The van der Waals surface area contributed by atoms with Crippen molar-refractivity contribution in [2.24, 2.45) is 0 Å². The number of ether oxygens (including phenoxy) is 1. The number of benzene rings is 2. The van der Waals surface area contributed by atoms with E-state index in [0.29, 0.717) is 0 Å². The Kier molecular flexibility index (Phi) is 4.63. The monoisotopic (exact) mass is 287 g/mol. The van der Waals surface area contributed by atoms with Gasteiger partial charge in [0.25, 0.3) is 0 Å². The van der Waals surface area contributed by atoms with Gasteiger partial charge in [0, 0.05) is 0 Å². The van der Waals surface area contributed by atoms with Crippen molar-refractivity contribution < 1.29 is 9.13 Å². The van der Waals surface area contributed by atoms with Crippen molar-refractivity contribution in [3.8, 4) is 5.75 Å². The molecule has 2 nitrogen and oxygen atoms in total. The van der Waals surface area contributed by atoms with Crippen molar-refractivity contribution >= 4 is 0 Å². The summed E-state index contributed by atoms with van der Waals surface area (Å²) in [6.07, 6.45) is 0. The van der Waals surface area contributed by atoms with E-state index in [0.717, 1.165) is 33.6 Å². The summed E-state index contributed by atoms with van der Waals surface area (Å²) in [5, 5.41) is 3.27. The maximum atomic E-state index is 13.7. The summed E-state index contributed by atoms with van der Waals surface area (Å²) in [5.74, 6) is 0.705. The Hall–Kier alpha value is -1.87. The molecule has 0 fully saturated rings. The van der Waals surface area contributed by atoms with Crippen LogP contribution in [-0.4, -0.2) is 14.2 Å². The molecule has 0 saturated carbocycles. The van der Waals surface area contributed by atoms with Gasteiger partial charge in [0.1, 0.15) is 11.6 Å². The lowest BCUT2D eigenvalue weighted by Gasteiger charge is -2.20. The first kappa shape index (κ1) is 15.5. The predicted octanol–water partition coefficient (Wildman–Crippen LogP) is 4.07. The molecule has 1 unspecified atom stereocenters. The van der Waals surface area contributed by atoms with Crippen LogP contribution in [-0.2, 0) is 0 Å². The zero-order valence-electron chi connectivity index (χ0n) is 13.3. The van der Waals surface area contributed by atoms with Crippen molar-refractivity contribution in [3.05, 3.63) is 64.0 Å². The Morgan fingerprint density at radius 2 is 1.52 bits per heavy atom. The third-order valence-corrected chi connectivity index (χ3v) is 3.71. The zero-order valence-corrected chi connectivity index (χ0v) is 13.3. The van der Waals surface area contributed by atoms with E-state index in [1.807, 2.05) is 33.9 Å². The fraction of sp³-hybridized carbons (Fsp3) is 0.333. The standard InChI is InChI=1S/C18H22FNO/c1-11-6-14(10-16(19)7-11)17(20-4)15-8-12(2)18(21-5)13(3)9-15/h6-10,17,20H,1-5H3. The molecule has 2 aromatic rings. The van der Waals surface area contributed by atoms with E-state index in [9.17, 15) is 4.39 Å². The van der Waals surface area contributed by atoms with Crippen LogP contribution in [0, 0.1) is 26.6 Å². The van der Waals surface area contributed by atoms with E-state index >= 15 is 0 Å². The van der Waals surface area contributed by atoms with Gasteiger partial charge < -0.3 is 10.1 Å². The lowest BCUT2D eigenvalue weighted by molar-refractivity contribution is 0.408. The summed E-state index contributed by atoms with van der Waals surface area (Å²) in [6, 6.07) is 9.28. The average Bonchev–Trinajstić information content (AvgIpc) is 2.38. The Labute approximate surface area is 126 Å². The number of hydrogen-bond acceptors (Lipinski definition) is 2. The Morgan fingerprint density at radius 3 is 2.00 bits per heavy atom. The summed E-state index contributed by atoms with van der Waals surface area (Å²) >= 11 is 0. The minimum atomic E-state index is -0.202. The van der Waals surface area contributed by atoms with E-state index in [-0.39, 0.29) is 11.9 Å². The van der Waals surface area contributed by atoms with Gasteiger partial charge in [-0.25, -0.2) is 4.39 Å².